The van der Waals surface area contributed by atoms with E-state index >= 15 is 0 Å². The number of methoxy groups -OCH3 is 1. The van der Waals surface area contributed by atoms with Crippen molar-refractivity contribution in [2.45, 2.75) is 11.8 Å². The number of nitrogens with zero attached hydrogens (tertiary/aromatic N) is 2. The molecular formula is C14H21N3O4S. The van der Waals surface area contributed by atoms with Gasteiger partial charge in [-0.1, -0.05) is 6.92 Å². The van der Waals surface area contributed by atoms with Gasteiger partial charge in [0.05, 0.1) is 17.6 Å². The molecule has 0 aromatic heterocycles. The van der Waals surface area contributed by atoms with Crippen LogP contribution in [0.15, 0.2) is 23.1 Å². The van der Waals surface area contributed by atoms with Gasteiger partial charge in [0.15, 0.2) is 0 Å². The van der Waals surface area contributed by atoms with Crippen LogP contribution >= 0.6 is 0 Å². The molecule has 0 aliphatic carbocycles. The van der Waals surface area contributed by atoms with Gasteiger partial charge in [-0.3, -0.25) is 4.79 Å². The minimum absolute atomic E-state index is 0.0621. The maximum absolute atomic E-state index is 12.7. The summed E-state index contributed by atoms with van der Waals surface area (Å²) in [7, 11) is -2.23. The van der Waals surface area contributed by atoms with Crippen LogP contribution in [0.2, 0.25) is 0 Å². The highest BCUT2D eigenvalue weighted by molar-refractivity contribution is 7.89. The lowest BCUT2D eigenvalue weighted by Crippen LogP contribution is -2.48. The molecule has 1 aliphatic rings. The zero-order valence-corrected chi connectivity index (χ0v) is 13.6. The van der Waals surface area contributed by atoms with Gasteiger partial charge in [0, 0.05) is 26.2 Å². The molecule has 2 rings (SSSR count). The van der Waals surface area contributed by atoms with Crippen molar-refractivity contribution >= 4 is 15.9 Å². The summed E-state index contributed by atoms with van der Waals surface area (Å²) in [6, 6.07) is 4.17. The molecule has 0 unspecified atom stereocenters. The van der Waals surface area contributed by atoms with Crippen molar-refractivity contribution in [1.82, 2.24) is 9.21 Å². The quantitative estimate of drug-likeness (QED) is 0.829. The predicted octanol–water partition coefficient (Wildman–Crippen LogP) is 0.120. The Balaban J connectivity index is 2.30. The number of carbonyl (C=O) groups is 1. The van der Waals surface area contributed by atoms with E-state index in [1.165, 1.54) is 29.6 Å². The molecule has 0 bridgehead atoms. The predicted molar refractivity (Wildman–Crippen MR) is 82.4 cm³/mol. The normalized spacial score (nSPS) is 17.4. The third-order valence-corrected chi connectivity index (χ3v) is 5.75. The van der Waals surface area contributed by atoms with Crippen LogP contribution in [0.5, 0.6) is 5.75 Å². The smallest absolute Gasteiger partial charge is 0.252 e. The van der Waals surface area contributed by atoms with Gasteiger partial charge < -0.3 is 15.4 Å². The first-order valence-electron chi connectivity index (χ1n) is 7.10. The number of benzene rings is 1. The Kier molecular flexibility index (Phi) is 5.05. The molecule has 1 heterocycles. The Morgan fingerprint density at radius 3 is 2.41 bits per heavy atom. The SMILES string of the molecule is CCN1CCN(S(=O)(=O)c2ccc(OC)c(C(N)=O)c2)CC1. The summed E-state index contributed by atoms with van der Waals surface area (Å²) in [6.07, 6.45) is 0. The molecule has 0 saturated carbocycles. The molecule has 0 spiro atoms. The average Bonchev–Trinajstić information content (AvgIpc) is 2.54. The van der Waals surface area contributed by atoms with Crippen molar-refractivity contribution in [3.8, 4) is 5.75 Å². The van der Waals surface area contributed by atoms with E-state index in [1.54, 1.807) is 0 Å². The highest BCUT2D eigenvalue weighted by Gasteiger charge is 2.29. The second kappa shape index (κ2) is 6.64. The molecule has 22 heavy (non-hydrogen) atoms. The molecule has 1 saturated heterocycles. The molecule has 1 aromatic carbocycles. The summed E-state index contributed by atoms with van der Waals surface area (Å²) in [6.45, 7) is 5.24. The van der Waals surface area contributed by atoms with Gasteiger partial charge in [-0.15, -0.1) is 0 Å². The second-order valence-electron chi connectivity index (χ2n) is 5.06. The number of hydrogen-bond acceptors (Lipinski definition) is 5. The van der Waals surface area contributed by atoms with Crippen LogP contribution in [0.25, 0.3) is 0 Å². The van der Waals surface area contributed by atoms with Gasteiger partial charge >= 0.3 is 0 Å². The van der Waals surface area contributed by atoms with Crippen LogP contribution in [0, 0.1) is 0 Å². The van der Waals surface area contributed by atoms with Gasteiger partial charge in [-0.25, -0.2) is 8.42 Å². The number of likely N-dealkylation sites (N-methyl/N-ethyl adjacent to an activating group) is 1. The number of amides is 1. The number of ether oxygens (including phenoxy) is 1. The topological polar surface area (TPSA) is 92.9 Å². The van der Waals surface area contributed by atoms with Crippen molar-refractivity contribution < 1.29 is 17.9 Å². The molecule has 0 atom stereocenters. The standard InChI is InChI=1S/C14H21N3O4S/c1-3-16-6-8-17(9-7-16)22(19,20)11-4-5-13(21-2)12(10-11)14(15)18/h4-5,10H,3,6-9H2,1-2H3,(H2,15,18). The zero-order chi connectivity index (χ0) is 16.3. The summed E-state index contributed by atoms with van der Waals surface area (Å²) in [5, 5.41) is 0. The lowest BCUT2D eigenvalue weighted by molar-refractivity contribution is 0.0997. The van der Waals surface area contributed by atoms with E-state index in [0.29, 0.717) is 26.2 Å². The first-order chi connectivity index (χ1) is 10.4. The molecular weight excluding hydrogens is 306 g/mol. The highest BCUT2D eigenvalue weighted by Crippen LogP contribution is 2.24. The molecule has 122 valence electrons. The molecule has 1 fully saturated rings. The van der Waals surface area contributed by atoms with Gasteiger partial charge in [0.1, 0.15) is 5.75 Å². The van der Waals surface area contributed by atoms with Crippen LogP contribution in [-0.2, 0) is 10.0 Å². The van der Waals surface area contributed by atoms with E-state index in [4.69, 9.17) is 10.5 Å². The molecule has 1 aromatic rings. The Hall–Kier alpha value is -1.64. The van der Waals surface area contributed by atoms with Crippen LogP contribution in [0.4, 0.5) is 0 Å². The van der Waals surface area contributed by atoms with E-state index in [1.807, 2.05) is 6.92 Å². The Labute approximate surface area is 130 Å². The number of carbonyl (C=O) groups excluding carboxylic acids is 1. The number of piperazine rings is 1. The molecule has 8 heteroatoms. The third-order valence-electron chi connectivity index (χ3n) is 3.85. The molecule has 2 N–H and O–H groups in total. The Morgan fingerprint density at radius 1 is 1.27 bits per heavy atom. The molecule has 1 aliphatic heterocycles. The maximum atomic E-state index is 12.7. The summed E-state index contributed by atoms with van der Waals surface area (Å²) in [5.41, 5.74) is 5.35. The monoisotopic (exact) mass is 327 g/mol. The highest BCUT2D eigenvalue weighted by atomic mass is 32.2. The van der Waals surface area contributed by atoms with Crippen LogP contribution in [-0.4, -0.2) is 63.4 Å². The molecule has 1 amide bonds. The van der Waals surface area contributed by atoms with Gasteiger partial charge in [0.25, 0.3) is 5.91 Å². The summed E-state index contributed by atoms with van der Waals surface area (Å²) in [5.74, 6) is -0.452. The van der Waals surface area contributed by atoms with Gasteiger partial charge in [0.2, 0.25) is 10.0 Å². The summed E-state index contributed by atoms with van der Waals surface area (Å²) >= 11 is 0. The first-order valence-corrected chi connectivity index (χ1v) is 8.54. The fourth-order valence-electron chi connectivity index (χ4n) is 2.48. The van der Waals surface area contributed by atoms with Crippen LogP contribution in [0.1, 0.15) is 17.3 Å². The van der Waals surface area contributed by atoms with E-state index in [9.17, 15) is 13.2 Å². The number of nitrogens with two attached hydrogens (primary N) is 1. The lowest BCUT2D eigenvalue weighted by Gasteiger charge is -2.33. The third kappa shape index (κ3) is 3.23. The number of rotatable bonds is 5. The van der Waals surface area contributed by atoms with Crippen molar-refractivity contribution in [3.05, 3.63) is 23.8 Å². The fourth-order valence-corrected chi connectivity index (χ4v) is 3.92. The van der Waals surface area contributed by atoms with Crippen LogP contribution in [0.3, 0.4) is 0 Å². The summed E-state index contributed by atoms with van der Waals surface area (Å²) < 4.78 is 31.8. The second-order valence-corrected chi connectivity index (χ2v) is 7.00. The largest absolute Gasteiger partial charge is 0.496 e. The number of sulfonamides is 1. The Morgan fingerprint density at radius 2 is 1.91 bits per heavy atom. The minimum atomic E-state index is -3.63. The molecule has 0 radical (unpaired) electrons. The van der Waals surface area contributed by atoms with Crippen molar-refractivity contribution in [3.63, 3.8) is 0 Å². The van der Waals surface area contributed by atoms with Crippen LogP contribution < -0.4 is 10.5 Å². The van der Waals surface area contributed by atoms with E-state index < -0.39 is 15.9 Å². The lowest BCUT2D eigenvalue weighted by atomic mass is 10.2. The van der Waals surface area contributed by atoms with Crippen molar-refractivity contribution in [2.24, 2.45) is 5.73 Å². The van der Waals surface area contributed by atoms with Gasteiger partial charge in [-0.05, 0) is 24.7 Å². The van der Waals surface area contributed by atoms with E-state index in [2.05, 4.69) is 4.90 Å². The average molecular weight is 327 g/mol. The number of hydrogen-bond donors (Lipinski definition) is 1. The molecule has 7 nitrogen and oxygen atoms in total. The number of primary amides is 1. The van der Waals surface area contributed by atoms with E-state index in [0.717, 1.165) is 6.54 Å². The van der Waals surface area contributed by atoms with Gasteiger partial charge in [-0.2, -0.15) is 4.31 Å². The van der Waals surface area contributed by atoms with Crippen molar-refractivity contribution in [1.29, 1.82) is 0 Å². The first kappa shape index (κ1) is 16.7. The van der Waals surface area contributed by atoms with Crippen molar-refractivity contribution in [2.75, 3.05) is 39.8 Å². The maximum Gasteiger partial charge on any atom is 0.252 e. The Bertz CT molecular complexity index is 652. The van der Waals surface area contributed by atoms with E-state index in [-0.39, 0.29) is 16.2 Å². The summed E-state index contributed by atoms with van der Waals surface area (Å²) in [4.78, 5) is 13.7. The minimum Gasteiger partial charge on any atom is -0.496 e. The zero-order valence-electron chi connectivity index (χ0n) is 12.8. The fraction of sp³-hybridized carbons (Fsp3) is 0.500.